The maximum absolute atomic E-state index is 13.3. The third-order valence-electron chi connectivity index (χ3n) is 7.93. The summed E-state index contributed by atoms with van der Waals surface area (Å²) in [7, 11) is 0. The fraction of sp³-hybridized carbons (Fsp3) is 0.300. The van der Waals surface area contributed by atoms with Gasteiger partial charge in [0.25, 0.3) is 17.4 Å². The Bertz CT molecular complexity index is 1590. The van der Waals surface area contributed by atoms with Crippen molar-refractivity contribution in [2.45, 2.75) is 49.8 Å². The topological polar surface area (TPSA) is 105 Å². The van der Waals surface area contributed by atoms with Gasteiger partial charge < -0.3 is 20.4 Å². The zero-order chi connectivity index (χ0) is 27.0. The number of carbonyl (C=O) groups is 2. The van der Waals surface area contributed by atoms with Crippen molar-refractivity contribution >= 4 is 34.3 Å². The molecule has 200 valence electrons. The molecule has 1 aliphatic heterocycles. The molecule has 1 aliphatic carbocycles. The molecule has 6 rings (SSSR count). The molecule has 3 atom stereocenters. The van der Waals surface area contributed by atoms with Gasteiger partial charge in [0, 0.05) is 58.8 Å². The zero-order valence-electron chi connectivity index (χ0n) is 21.3. The molecule has 4 aromatic rings. The van der Waals surface area contributed by atoms with Crippen molar-refractivity contribution in [2.24, 2.45) is 0 Å². The van der Waals surface area contributed by atoms with Crippen LogP contribution in [0.5, 0.6) is 0 Å². The molecule has 2 aliphatic rings. The van der Waals surface area contributed by atoms with Crippen molar-refractivity contribution in [3.63, 3.8) is 0 Å². The molecule has 0 radical (unpaired) electrons. The molecule has 2 aromatic heterocycles. The van der Waals surface area contributed by atoms with E-state index in [0.717, 1.165) is 36.8 Å². The van der Waals surface area contributed by atoms with Gasteiger partial charge in [-0.05, 0) is 74.6 Å². The largest absolute Gasteiger partial charge is 0.375 e. The lowest BCUT2D eigenvalue weighted by Gasteiger charge is -2.42. The van der Waals surface area contributed by atoms with Crippen LogP contribution >= 0.6 is 11.6 Å². The summed E-state index contributed by atoms with van der Waals surface area (Å²) in [4.78, 5) is 41.8. The second-order valence-corrected chi connectivity index (χ2v) is 10.8. The highest BCUT2D eigenvalue weighted by Gasteiger charge is 2.44. The Balaban J connectivity index is 1.19. The highest BCUT2D eigenvalue weighted by Crippen LogP contribution is 2.40. The van der Waals surface area contributed by atoms with Crippen LogP contribution in [-0.4, -0.2) is 45.7 Å². The predicted octanol–water partition coefficient (Wildman–Crippen LogP) is 4.60. The number of hydrogen-bond acceptors (Lipinski definition) is 4. The van der Waals surface area contributed by atoms with Crippen molar-refractivity contribution in [1.29, 1.82) is 0 Å². The van der Waals surface area contributed by atoms with E-state index in [9.17, 15) is 14.4 Å². The van der Waals surface area contributed by atoms with Crippen molar-refractivity contribution in [1.82, 2.24) is 20.2 Å². The smallest absolute Gasteiger partial charge is 0.255 e. The molecule has 2 amide bonds. The number of amides is 2. The Kier molecular flexibility index (Phi) is 6.74. The number of pyridine rings is 1. The number of aromatic amines is 1. The molecular formula is C30H29ClN4O4. The van der Waals surface area contributed by atoms with E-state index >= 15 is 0 Å². The van der Waals surface area contributed by atoms with E-state index in [1.54, 1.807) is 60.9 Å². The van der Waals surface area contributed by atoms with Gasteiger partial charge in [-0.25, -0.2) is 0 Å². The molecule has 3 heterocycles. The SMILES string of the molecule is O=C(N[C@H]1CCC2(CCCO2)C[C@H]1NC(=O)c1ccc2c(Cl)c[nH]c2c1)c1ccc(-n2ccccc2=O)cc1. The second kappa shape index (κ2) is 10.4. The molecule has 39 heavy (non-hydrogen) atoms. The van der Waals surface area contributed by atoms with Crippen LogP contribution in [0.3, 0.4) is 0 Å². The van der Waals surface area contributed by atoms with E-state index in [2.05, 4.69) is 15.6 Å². The number of nitrogens with one attached hydrogen (secondary N) is 3. The lowest BCUT2D eigenvalue weighted by molar-refractivity contribution is -0.0389. The summed E-state index contributed by atoms with van der Waals surface area (Å²) < 4.78 is 7.67. The van der Waals surface area contributed by atoms with Crippen LogP contribution in [0.15, 0.2) is 77.9 Å². The summed E-state index contributed by atoms with van der Waals surface area (Å²) in [6, 6.07) is 16.7. The Labute approximate surface area is 230 Å². The zero-order valence-corrected chi connectivity index (χ0v) is 22.0. The van der Waals surface area contributed by atoms with E-state index in [4.69, 9.17) is 16.3 Å². The molecule has 2 aromatic carbocycles. The maximum Gasteiger partial charge on any atom is 0.255 e. The quantitative estimate of drug-likeness (QED) is 0.341. The number of halogens is 1. The maximum atomic E-state index is 13.3. The van der Waals surface area contributed by atoms with Crippen molar-refractivity contribution in [2.75, 3.05) is 6.61 Å². The first-order valence-electron chi connectivity index (χ1n) is 13.2. The Morgan fingerprint density at radius 2 is 1.74 bits per heavy atom. The van der Waals surface area contributed by atoms with Crippen LogP contribution in [0.2, 0.25) is 5.02 Å². The second-order valence-electron chi connectivity index (χ2n) is 10.4. The van der Waals surface area contributed by atoms with Gasteiger partial charge in [-0.2, -0.15) is 0 Å². The number of H-pyrrole nitrogens is 1. The van der Waals surface area contributed by atoms with Gasteiger partial charge in [-0.1, -0.05) is 23.7 Å². The Morgan fingerprint density at radius 3 is 2.51 bits per heavy atom. The van der Waals surface area contributed by atoms with Crippen LogP contribution in [0.1, 0.15) is 52.8 Å². The number of aromatic nitrogens is 2. The molecule has 0 bridgehead atoms. The predicted molar refractivity (Wildman–Crippen MR) is 150 cm³/mol. The van der Waals surface area contributed by atoms with E-state index in [1.165, 1.54) is 10.6 Å². The first-order chi connectivity index (χ1) is 18.9. The molecule has 1 unspecified atom stereocenters. The summed E-state index contributed by atoms with van der Waals surface area (Å²) >= 11 is 6.19. The fourth-order valence-corrected chi connectivity index (χ4v) is 6.07. The summed E-state index contributed by atoms with van der Waals surface area (Å²) in [5.41, 5.74) is 2.07. The summed E-state index contributed by atoms with van der Waals surface area (Å²) in [5, 5.41) is 7.80. The van der Waals surface area contributed by atoms with E-state index in [-0.39, 0.29) is 35.1 Å². The van der Waals surface area contributed by atoms with Crippen molar-refractivity contribution < 1.29 is 14.3 Å². The molecular weight excluding hydrogens is 516 g/mol. The normalized spacial score (nSPS) is 22.7. The number of hydrogen-bond donors (Lipinski definition) is 3. The average Bonchev–Trinajstić information content (AvgIpc) is 3.56. The minimum absolute atomic E-state index is 0.142. The van der Waals surface area contributed by atoms with Gasteiger partial charge in [-0.3, -0.25) is 19.0 Å². The van der Waals surface area contributed by atoms with Gasteiger partial charge in [0.1, 0.15) is 0 Å². The average molecular weight is 545 g/mol. The monoisotopic (exact) mass is 544 g/mol. The fourth-order valence-electron chi connectivity index (χ4n) is 5.85. The number of fused-ring (bicyclic) bond motifs is 1. The standard InChI is InChI=1S/C30H29ClN4O4/c31-23-18-32-25-16-20(7-10-22(23)25)29(38)34-26-17-30(12-3-15-39-30)13-11-24(26)33-28(37)19-5-8-21(9-6-19)35-14-2-1-4-27(35)36/h1-2,4-10,14,16,18,24,26,32H,3,11-13,15,17H2,(H,33,37)(H,34,38)/t24-,26+,30?/m0/s1. The Morgan fingerprint density at radius 1 is 0.974 bits per heavy atom. The van der Waals surface area contributed by atoms with Gasteiger partial charge >= 0.3 is 0 Å². The number of carbonyl (C=O) groups excluding carboxylic acids is 2. The number of rotatable bonds is 5. The first-order valence-corrected chi connectivity index (χ1v) is 13.6. The number of benzene rings is 2. The van der Waals surface area contributed by atoms with E-state index < -0.39 is 0 Å². The molecule has 1 saturated heterocycles. The van der Waals surface area contributed by atoms with Crippen LogP contribution < -0.4 is 16.2 Å². The molecule has 3 N–H and O–H groups in total. The van der Waals surface area contributed by atoms with E-state index in [1.807, 2.05) is 6.07 Å². The van der Waals surface area contributed by atoms with Crippen LogP contribution in [0.4, 0.5) is 0 Å². The molecule has 9 heteroatoms. The molecule has 2 fully saturated rings. The molecule has 8 nitrogen and oxygen atoms in total. The number of nitrogens with zero attached hydrogens (tertiary/aromatic N) is 1. The highest BCUT2D eigenvalue weighted by atomic mass is 35.5. The van der Waals surface area contributed by atoms with Crippen molar-refractivity contribution in [3.8, 4) is 5.69 Å². The third kappa shape index (κ3) is 5.10. The highest BCUT2D eigenvalue weighted by molar-refractivity contribution is 6.35. The van der Waals surface area contributed by atoms with E-state index in [0.29, 0.717) is 34.7 Å². The van der Waals surface area contributed by atoms with Crippen LogP contribution in [0, 0.1) is 0 Å². The van der Waals surface area contributed by atoms with Crippen LogP contribution in [0.25, 0.3) is 16.6 Å². The third-order valence-corrected chi connectivity index (χ3v) is 8.24. The number of ether oxygens (including phenoxy) is 1. The van der Waals surface area contributed by atoms with Crippen LogP contribution in [-0.2, 0) is 4.74 Å². The lowest BCUT2D eigenvalue weighted by atomic mass is 9.77. The van der Waals surface area contributed by atoms with Gasteiger partial charge in [0.2, 0.25) is 0 Å². The first kappa shape index (κ1) is 25.4. The lowest BCUT2D eigenvalue weighted by Crippen LogP contribution is -2.58. The summed E-state index contributed by atoms with van der Waals surface area (Å²) in [5.74, 6) is -0.434. The minimum atomic E-state index is -0.293. The summed E-state index contributed by atoms with van der Waals surface area (Å²) in [6.07, 6.45) is 7.50. The minimum Gasteiger partial charge on any atom is -0.375 e. The van der Waals surface area contributed by atoms with Crippen molar-refractivity contribution in [3.05, 3.63) is 99.6 Å². The molecule has 1 saturated carbocycles. The van der Waals surface area contributed by atoms with Gasteiger partial charge in [0.15, 0.2) is 0 Å². The summed E-state index contributed by atoms with van der Waals surface area (Å²) in [6.45, 7) is 0.721. The Hall–Kier alpha value is -3.88. The van der Waals surface area contributed by atoms with Gasteiger partial charge in [-0.15, -0.1) is 0 Å². The van der Waals surface area contributed by atoms with Gasteiger partial charge in [0.05, 0.1) is 16.7 Å². The molecule has 1 spiro atoms.